The molecule has 0 aliphatic rings. The van der Waals surface area contributed by atoms with Gasteiger partial charge in [0.2, 0.25) is 0 Å². The number of hydrogen-bond donors (Lipinski definition) is 0. The Hall–Kier alpha value is -0.0671. The van der Waals surface area contributed by atoms with Crippen LogP contribution in [0, 0.1) is 0 Å². The van der Waals surface area contributed by atoms with Crippen molar-refractivity contribution in [1.29, 1.82) is 0 Å². The first kappa shape index (κ1) is 6.93. The van der Waals surface area contributed by atoms with Crippen LogP contribution in [0.2, 0.25) is 0 Å². The van der Waals surface area contributed by atoms with E-state index < -0.39 is 22.1 Å². The number of alkyl halides is 3. The summed E-state index contributed by atoms with van der Waals surface area (Å²) in [6.45, 7) is 0. The Kier molecular flexibility index (Phi) is 2.27. The molecule has 0 aromatic carbocycles. The van der Waals surface area contributed by atoms with Gasteiger partial charge in [-0.15, -0.1) is 0 Å². The van der Waals surface area contributed by atoms with Crippen molar-refractivity contribution in [2.75, 3.05) is 0 Å². The van der Waals surface area contributed by atoms with Crippen LogP contribution in [0.15, 0.2) is 0 Å². The van der Waals surface area contributed by atoms with E-state index in [-0.39, 0.29) is 0 Å². The molecule has 0 N–H and O–H groups in total. The third-order valence-electron chi connectivity index (χ3n) is 0.157. The molecule has 0 amide bonds. The molecule has 2 nitrogen and oxygen atoms in total. The van der Waals surface area contributed by atoms with Crippen molar-refractivity contribution >= 4 is 15.7 Å². The van der Waals surface area contributed by atoms with Gasteiger partial charge in [-0.1, -0.05) is 0 Å². The Labute approximate surface area is 43.7 Å². The van der Waals surface area contributed by atoms with Gasteiger partial charge in [-0.25, -0.2) is 0 Å². The minimum absolute atomic E-state index is 2.47. The Morgan fingerprint density at radius 1 is 1.43 bits per heavy atom. The number of rotatable bonds is 1. The molecular weight excluding hydrogens is 174 g/mol. The molecule has 0 saturated heterocycles. The van der Waals surface area contributed by atoms with Crippen LogP contribution < -0.4 is 0 Å². The van der Waals surface area contributed by atoms with E-state index in [0.29, 0.717) is 0 Å². The van der Waals surface area contributed by atoms with Gasteiger partial charge in [0.25, 0.3) is 0 Å². The van der Waals surface area contributed by atoms with Crippen molar-refractivity contribution in [3.8, 4) is 0 Å². The fourth-order valence-electron chi connectivity index (χ4n) is 0.0472. The molecule has 0 aliphatic carbocycles. The zero-order valence-electron chi connectivity index (χ0n) is 2.95. The molecule has 6 heteroatoms. The maximum atomic E-state index is 10.7. The van der Waals surface area contributed by atoms with Crippen molar-refractivity contribution in [2.24, 2.45) is 0 Å². The van der Waals surface area contributed by atoms with Crippen LogP contribution in [0.3, 0.4) is 0 Å². The first-order valence-electron chi connectivity index (χ1n) is 1.18. The van der Waals surface area contributed by atoms with Crippen LogP contribution in [0.5, 0.6) is 0 Å². The van der Waals surface area contributed by atoms with Crippen molar-refractivity contribution in [1.82, 2.24) is 0 Å². The summed E-state index contributed by atoms with van der Waals surface area (Å²) in [6, 6.07) is 0. The first-order chi connectivity index (χ1) is 3.06. The normalized spacial score (nSPS) is 10.7. The van der Waals surface area contributed by atoms with Gasteiger partial charge in [-0.2, -0.15) is 0 Å². The maximum absolute atomic E-state index is 10.7. The van der Waals surface area contributed by atoms with Crippen molar-refractivity contribution in [2.45, 2.75) is 6.36 Å². The van der Waals surface area contributed by atoms with Gasteiger partial charge in [-0.3, -0.25) is 0 Å². The van der Waals surface area contributed by atoms with Gasteiger partial charge in [0.1, 0.15) is 0 Å². The van der Waals surface area contributed by atoms with Gasteiger partial charge in [0.15, 0.2) is 0 Å². The van der Waals surface area contributed by atoms with E-state index in [4.69, 9.17) is 3.78 Å². The zero-order chi connectivity index (χ0) is 5.91. The van der Waals surface area contributed by atoms with Crippen LogP contribution in [0.25, 0.3) is 0 Å². The summed E-state index contributed by atoms with van der Waals surface area (Å²) >= 11 is -2.47. The quantitative estimate of drug-likeness (QED) is 0.540. The fourth-order valence-corrected chi connectivity index (χ4v) is 0.245. The Bertz CT molecular complexity index is 67.8. The summed E-state index contributed by atoms with van der Waals surface area (Å²) in [5.74, 6) is 0. The zero-order valence-corrected chi connectivity index (χ0v) is 5.05. The number of hydrogen-bond acceptors (Lipinski definition) is 2. The molecule has 0 heterocycles. The average Bonchev–Trinajstić information content (AvgIpc) is 1.30. The predicted molar refractivity (Wildman–Crippen MR) is 13.6 cm³/mol. The van der Waals surface area contributed by atoms with Crippen LogP contribution in [0.4, 0.5) is 13.2 Å². The molecule has 0 aromatic rings. The van der Waals surface area contributed by atoms with Crippen LogP contribution in [-0.4, -0.2) is 22.1 Å². The monoisotopic (exact) mass is 175 g/mol. The molecule has 0 atom stereocenters. The van der Waals surface area contributed by atoms with E-state index in [2.05, 4.69) is 3.76 Å². The van der Waals surface area contributed by atoms with Gasteiger partial charge >= 0.3 is 42.8 Å². The van der Waals surface area contributed by atoms with E-state index >= 15 is 0 Å². The van der Waals surface area contributed by atoms with Gasteiger partial charge in [0, 0.05) is 0 Å². The van der Waals surface area contributed by atoms with Gasteiger partial charge in [-0.05, 0) is 0 Å². The molecule has 0 rings (SSSR count). The molecule has 41 valence electrons. The second-order valence-corrected chi connectivity index (χ2v) is 1.41. The van der Waals surface area contributed by atoms with E-state index in [0.717, 1.165) is 0 Å². The molecule has 0 saturated carbocycles. The van der Waals surface area contributed by atoms with Crippen LogP contribution in [-0.2, 0) is 7.54 Å². The molecule has 0 aliphatic heterocycles. The first-order valence-corrected chi connectivity index (χ1v) is 2.89. The fraction of sp³-hybridized carbons (Fsp3) is 1.00. The summed E-state index contributed by atoms with van der Waals surface area (Å²) in [4.78, 5) is 0. The van der Waals surface area contributed by atoms with Gasteiger partial charge < -0.3 is 0 Å². The predicted octanol–water partition coefficient (Wildman–Crippen LogP) is 0.487. The third kappa shape index (κ3) is 5.93. The van der Waals surface area contributed by atoms with Crippen molar-refractivity contribution < 1.29 is 20.7 Å². The summed E-state index contributed by atoms with van der Waals surface area (Å²) in [6.07, 6.45) is -4.71. The van der Waals surface area contributed by atoms with Gasteiger partial charge in [0.05, 0.1) is 0 Å². The summed E-state index contributed by atoms with van der Waals surface area (Å²) in [5, 5.41) is 0. The summed E-state index contributed by atoms with van der Waals surface area (Å²) in [7, 11) is 0. The Morgan fingerprint density at radius 3 is 1.86 bits per heavy atom. The molecule has 0 bridgehead atoms. The molecule has 0 aromatic heterocycles. The second-order valence-electron chi connectivity index (χ2n) is 0.631. The second kappa shape index (κ2) is 2.29. The molecule has 0 spiro atoms. The van der Waals surface area contributed by atoms with Crippen molar-refractivity contribution in [3.05, 3.63) is 0 Å². The van der Waals surface area contributed by atoms with E-state index in [1.54, 1.807) is 0 Å². The summed E-state index contributed by atoms with van der Waals surface area (Å²) in [5.41, 5.74) is 0. The van der Waals surface area contributed by atoms with Crippen molar-refractivity contribution in [3.63, 3.8) is 0 Å². The molecule has 0 fully saturated rings. The molecule has 0 unspecified atom stereocenters. The van der Waals surface area contributed by atoms with Crippen LogP contribution in [0.1, 0.15) is 0 Å². The number of halogens is 3. The molecular formula is CF3GeO2. The van der Waals surface area contributed by atoms with Crippen LogP contribution >= 0.6 is 0 Å². The minimum atomic E-state index is -4.71. The van der Waals surface area contributed by atoms with E-state index in [1.807, 2.05) is 0 Å². The summed E-state index contributed by atoms with van der Waals surface area (Å²) < 4.78 is 43.9. The van der Waals surface area contributed by atoms with E-state index in [9.17, 15) is 13.2 Å². The Morgan fingerprint density at radius 2 is 1.86 bits per heavy atom. The average molecular weight is 174 g/mol. The topological polar surface area (TPSA) is 26.3 Å². The molecule has 7 heavy (non-hydrogen) atoms. The third-order valence-corrected chi connectivity index (χ3v) is 0.818. The standard InChI is InChI=1S/CF3GeO2/c2-1(3,4)7-5-6. The molecule has 1 radical (unpaired) electrons. The SMILES string of the molecule is [O]=[Ge][O]C(F)(F)F. The van der Waals surface area contributed by atoms with E-state index in [1.165, 1.54) is 0 Å². The Balaban J connectivity index is 3.34.